The zero-order valence-corrected chi connectivity index (χ0v) is 9.74. The van der Waals surface area contributed by atoms with Crippen LogP contribution in [0.25, 0.3) is 0 Å². The predicted molar refractivity (Wildman–Crippen MR) is 60.9 cm³/mol. The van der Waals surface area contributed by atoms with Gasteiger partial charge in [0.1, 0.15) is 0 Å². The SMILES string of the molecule is CCCN(CCCCC(=O)O)CC1CC1. The second-order valence-electron chi connectivity index (χ2n) is 4.59. The van der Waals surface area contributed by atoms with E-state index >= 15 is 0 Å². The zero-order valence-electron chi connectivity index (χ0n) is 9.74. The van der Waals surface area contributed by atoms with E-state index < -0.39 is 5.97 Å². The smallest absolute Gasteiger partial charge is 0.303 e. The quantitative estimate of drug-likeness (QED) is 0.598. The predicted octanol–water partition coefficient (Wildman–Crippen LogP) is 2.36. The molecule has 1 rings (SSSR count). The molecule has 0 aromatic rings. The maximum absolute atomic E-state index is 10.3. The van der Waals surface area contributed by atoms with Gasteiger partial charge in [-0.15, -0.1) is 0 Å². The third-order valence-electron chi connectivity index (χ3n) is 2.87. The van der Waals surface area contributed by atoms with Crippen molar-refractivity contribution >= 4 is 5.97 Å². The number of hydrogen-bond acceptors (Lipinski definition) is 2. The minimum Gasteiger partial charge on any atom is -0.481 e. The van der Waals surface area contributed by atoms with E-state index in [-0.39, 0.29) is 0 Å². The topological polar surface area (TPSA) is 40.5 Å². The number of rotatable bonds is 9. The summed E-state index contributed by atoms with van der Waals surface area (Å²) in [6.45, 7) is 5.69. The van der Waals surface area contributed by atoms with Gasteiger partial charge in [0, 0.05) is 13.0 Å². The van der Waals surface area contributed by atoms with Gasteiger partial charge in [-0.3, -0.25) is 4.79 Å². The summed E-state index contributed by atoms with van der Waals surface area (Å²) in [7, 11) is 0. The van der Waals surface area contributed by atoms with Crippen LogP contribution in [0.5, 0.6) is 0 Å². The fourth-order valence-corrected chi connectivity index (χ4v) is 1.89. The van der Waals surface area contributed by atoms with Gasteiger partial charge in [0.25, 0.3) is 0 Å². The zero-order chi connectivity index (χ0) is 11.1. The molecule has 0 spiro atoms. The van der Waals surface area contributed by atoms with Crippen molar-refractivity contribution in [2.75, 3.05) is 19.6 Å². The van der Waals surface area contributed by atoms with Gasteiger partial charge >= 0.3 is 5.97 Å². The van der Waals surface area contributed by atoms with E-state index in [1.54, 1.807) is 0 Å². The first-order valence-electron chi connectivity index (χ1n) is 6.16. The van der Waals surface area contributed by atoms with Crippen LogP contribution in [-0.2, 0) is 4.79 Å². The molecular weight excluding hydrogens is 190 g/mol. The molecule has 0 atom stereocenters. The van der Waals surface area contributed by atoms with Crippen molar-refractivity contribution < 1.29 is 9.90 Å². The first kappa shape index (κ1) is 12.5. The molecule has 0 heterocycles. The molecule has 0 radical (unpaired) electrons. The highest BCUT2D eigenvalue weighted by molar-refractivity contribution is 5.66. The van der Waals surface area contributed by atoms with E-state index in [0.717, 1.165) is 25.3 Å². The number of carbonyl (C=O) groups is 1. The van der Waals surface area contributed by atoms with E-state index in [1.165, 1.54) is 32.4 Å². The molecule has 1 saturated carbocycles. The summed E-state index contributed by atoms with van der Waals surface area (Å²) < 4.78 is 0. The van der Waals surface area contributed by atoms with Crippen LogP contribution in [-0.4, -0.2) is 35.6 Å². The Bertz CT molecular complexity index is 190. The van der Waals surface area contributed by atoms with Crippen molar-refractivity contribution in [3.05, 3.63) is 0 Å². The van der Waals surface area contributed by atoms with E-state index in [0.29, 0.717) is 6.42 Å². The van der Waals surface area contributed by atoms with Gasteiger partial charge in [0.2, 0.25) is 0 Å². The average Bonchev–Trinajstić information content (AvgIpc) is 2.96. The van der Waals surface area contributed by atoms with Crippen LogP contribution in [0.3, 0.4) is 0 Å². The average molecular weight is 213 g/mol. The number of unbranched alkanes of at least 4 members (excludes halogenated alkanes) is 1. The molecule has 3 heteroatoms. The molecule has 1 aliphatic rings. The summed E-state index contributed by atoms with van der Waals surface area (Å²) in [5.41, 5.74) is 0. The molecule has 0 bridgehead atoms. The highest BCUT2D eigenvalue weighted by atomic mass is 16.4. The largest absolute Gasteiger partial charge is 0.481 e. The van der Waals surface area contributed by atoms with Gasteiger partial charge in [0.05, 0.1) is 0 Å². The standard InChI is InChI=1S/C12H23NO2/c1-2-8-13(10-11-6-7-11)9-4-3-5-12(14)15/h11H,2-10H2,1H3,(H,14,15). The number of carboxylic acids is 1. The fourth-order valence-electron chi connectivity index (χ4n) is 1.89. The van der Waals surface area contributed by atoms with Crippen molar-refractivity contribution in [3.63, 3.8) is 0 Å². The number of aliphatic carboxylic acids is 1. The first-order chi connectivity index (χ1) is 7.22. The molecule has 0 unspecified atom stereocenters. The normalized spacial score (nSPS) is 15.9. The van der Waals surface area contributed by atoms with E-state index in [9.17, 15) is 4.79 Å². The Kier molecular flexibility index (Phi) is 5.69. The summed E-state index contributed by atoms with van der Waals surface area (Å²) in [5.74, 6) is 0.273. The molecule has 3 nitrogen and oxygen atoms in total. The van der Waals surface area contributed by atoms with E-state index in [1.807, 2.05) is 0 Å². The van der Waals surface area contributed by atoms with Crippen molar-refractivity contribution in [2.45, 2.75) is 45.4 Å². The molecule has 1 aliphatic carbocycles. The van der Waals surface area contributed by atoms with Crippen LogP contribution in [0.1, 0.15) is 45.4 Å². The van der Waals surface area contributed by atoms with Crippen molar-refractivity contribution in [2.24, 2.45) is 5.92 Å². The van der Waals surface area contributed by atoms with E-state index in [2.05, 4.69) is 11.8 Å². The molecular formula is C12H23NO2. The monoisotopic (exact) mass is 213 g/mol. The summed E-state index contributed by atoms with van der Waals surface area (Å²) in [6.07, 6.45) is 6.17. The number of hydrogen-bond donors (Lipinski definition) is 1. The van der Waals surface area contributed by atoms with Gasteiger partial charge in [-0.05, 0) is 51.1 Å². The Hall–Kier alpha value is -0.570. The Morgan fingerprint density at radius 3 is 2.60 bits per heavy atom. The Morgan fingerprint density at radius 2 is 2.07 bits per heavy atom. The lowest BCUT2D eigenvalue weighted by Crippen LogP contribution is -2.28. The summed E-state index contributed by atoms with van der Waals surface area (Å²) in [4.78, 5) is 12.8. The first-order valence-corrected chi connectivity index (χ1v) is 6.16. The maximum atomic E-state index is 10.3. The molecule has 0 aromatic carbocycles. The van der Waals surface area contributed by atoms with Crippen molar-refractivity contribution in [3.8, 4) is 0 Å². The highest BCUT2D eigenvalue weighted by Gasteiger charge is 2.23. The Labute approximate surface area is 92.5 Å². The van der Waals surface area contributed by atoms with Crippen LogP contribution >= 0.6 is 0 Å². The van der Waals surface area contributed by atoms with Crippen LogP contribution in [0.4, 0.5) is 0 Å². The second kappa shape index (κ2) is 6.83. The fraction of sp³-hybridized carbons (Fsp3) is 0.917. The molecule has 15 heavy (non-hydrogen) atoms. The highest BCUT2D eigenvalue weighted by Crippen LogP contribution is 2.29. The number of carboxylic acid groups (broad SMARTS) is 1. The second-order valence-corrected chi connectivity index (χ2v) is 4.59. The van der Waals surface area contributed by atoms with Crippen molar-refractivity contribution in [1.29, 1.82) is 0 Å². The third-order valence-corrected chi connectivity index (χ3v) is 2.87. The molecule has 0 aromatic heterocycles. The molecule has 0 aliphatic heterocycles. The van der Waals surface area contributed by atoms with Crippen LogP contribution in [0, 0.1) is 5.92 Å². The lowest BCUT2D eigenvalue weighted by Gasteiger charge is -2.21. The summed E-state index contributed by atoms with van der Waals surface area (Å²) in [6, 6.07) is 0. The van der Waals surface area contributed by atoms with Gasteiger partial charge in [-0.2, -0.15) is 0 Å². The maximum Gasteiger partial charge on any atom is 0.303 e. The number of nitrogens with zero attached hydrogens (tertiary/aromatic N) is 1. The minimum absolute atomic E-state index is 0.323. The van der Waals surface area contributed by atoms with Gasteiger partial charge in [-0.25, -0.2) is 0 Å². The third kappa shape index (κ3) is 6.50. The molecule has 1 N–H and O–H groups in total. The van der Waals surface area contributed by atoms with Gasteiger partial charge < -0.3 is 10.0 Å². The van der Waals surface area contributed by atoms with Crippen molar-refractivity contribution in [1.82, 2.24) is 4.90 Å². The van der Waals surface area contributed by atoms with Gasteiger partial charge in [-0.1, -0.05) is 6.92 Å². The Morgan fingerprint density at radius 1 is 1.33 bits per heavy atom. The minimum atomic E-state index is -0.667. The molecule has 0 saturated heterocycles. The van der Waals surface area contributed by atoms with Gasteiger partial charge in [0.15, 0.2) is 0 Å². The summed E-state index contributed by atoms with van der Waals surface area (Å²) in [5, 5.41) is 8.52. The van der Waals surface area contributed by atoms with Crippen LogP contribution < -0.4 is 0 Å². The lowest BCUT2D eigenvalue weighted by molar-refractivity contribution is -0.137. The van der Waals surface area contributed by atoms with E-state index in [4.69, 9.17) is 5.11 Å². The van der Waals surface area contributed by atoms with Crippen LogP contribution in [0.15, 0.2) is 0 Å². The molecule has 0 amide bonds. The summed E-state index contributed by atoms with van der Waals surface area (Å²) >= 11 is 0. The molecule has 1 fully saturated rings. The Balaban J connectivity index is 2.04. The van der Waals surface area contributed by atoms with Crippen LogP contribution in [0.2, 0.25) is 0 Å². The lowest BCUT2D eigenvalue weighted by atomic mass is 10.2. The molecule has 88 valence electrons.